The highest BCUT2D eigenvalue weighted by Gasteiger charge is 2.23. The van der Waals surface area contributed by atoms with Crippen LogP contribution in [0.15, 0.2) is 24.3 Å². The number of ether oxygens (including phenoxy) is 2. The Bertz CT molecular complexity index is 557. The fraction of sp³-hybridized carbons (Fsp3) is 0.579. The molecule has 1 aliphatic rings. The number of hydrogen-bond donors (Lipinski definition) is 1. The molecule has 0 radical (unpaired) electrons. The molecule has 1 atom stereocenters. The highest BCUT2D eigenvalue weighted by molar-refractivity contribution is 5.76. The van der Waals surface area contributed by atoms with E-state index in [0.29, 0.717) is 38.3 Å². The number of amides is 1. The van der Waals surface area contributed by atoms with Gasteiger partial charge in [-0.05, 0) is 55.9 Å². The summed E-state index contributed by atoms with van der Waals surface area (Å²) in [6, 6.07) is 7.37. The minimum atomic E-state index is -0.765. The van der Waals surface area contributed by atoms with E-state index < -0.39 is 5.97 Å². The van der Waals surface area contributed by atoms with Crippen LogP contribution in [0.3, 0.4) is 0 Å². The van der Waals surface area contributed by atoms with E-state index in [-0.39, 0.29) is 12.3 Å². The number of carboxylic acid groups (broad SMARTS) is 1. The van der Waals surface area contributed by atoms with E-state index in [0.717, 1.165) is 30.9 Å². The van der Waals surface area contributed by atoms with Gasteiger partial charge in [0.1, 0.15) is 11.5 Å². The van der Waals surface area contributed by atoms with Gasteiger partial charge in [0.15, 0.2) is 0 Å². The van der Waals surface area contributed by atoms with Crippen LogP contribution >= 0.6 is 0 Å². The zero-order valence-corrected chi connectivity index (χ0v) is 14.8. The molecule has 0 spiro atoms. The van der Waals surface area contributed by atoms with Crippen molar-refractivity contribution in [1.29, 1.82) is 0 Å². The van der Waals surface area contributed by atoms with Crippen LogP contribution in [0, 0.1) is 5.92 Å². The van der Waals surface area contributed by atoms with Crippen molar-refractivity contribution < 1.29 is 24.2 Å². The van der Waals surface area contributed by atoms with Gasteiger partial charge >= 0.3 is 5.97 Å². The number of hydrogen-bond acceptors (Lipinski definition) is 4. The molecule has 1 heterocycles. The van der Waals surface area contributed by atoms with Crippen LogP contribution in [0.2, 0.25) is 0 Å². The lowest BCUT2D eigenvalue weighted by atomic mass is 9.93. The lowest BCUT2D eigenvalue weighted by molar-refractivity contribution is -0.137. The van der Waals surface area contributed by atoms with E-state index in [1.807, 2.05) is 29.2 Å². The third-order valence-corrected chi connectivity index (χ3v) is 4.50. The van der Waals surface area contributed by atoms with Gasteiger partial charge in [0.05, 0.1) is 13.7 Å². The molecule has 1 fully saturated rings. The Kier molecular flexibility index (Phi) is 7.57. The third kappa shape index (κ3) is 6.64. The van der Waals surface area contributed by atoms with Crippen LogP contribution in [0.25, 0.3) is 0 Å². The molecule has 1 amide bonds. The highest BCUT2D eigenvalue weighted by atomic mass is 16.5. The average Bonchev–Trinajstić information content (AvgIpc) is 2.64. The van der Waals surface area contributed by atoms with Gasteiger partial charge in [-0.1, -0.05) is 0 Å². The number of carbonyl (C=O) groups is 2. The minimum Gasteiger partial charge on any atom is -0.497 e. The molecule has 2 rings (SSSR count). The molecule has 6 nitrogen and oxygen atoms in total. The minimum absolute atomic E-state index is 0.137. The van der Waals surface area contributed by atoms with Gasteiger partial charge in [-0.15, -0.1) is 0 Å². The van der Waals surface area contributed by atoms with Crippen LogP contribution < -0.4 is 9.47 Å². The second kappa shape index (κ2) is 9.91. The Morgan fingerprint density at radius 3 is 2.60 bits per heavy atom. The molecule has 6 heteroatoms. The summed E-state index contributed by atoms with van der Waals surface area (Å²) < 4.78 is 10.7. The summed E-state index contributed by atoms with van der Waals surface area (Å²) in [4.78, 5) is 24.9. The van der Waals surface area contributed by atoms with Gasteiger partial charge in [0, 0.05) is 25.9 Å². The molecule has 0 aromatic heterocycles. The molecule has 0 bridgehead atoms. The summed E-state index contributed by atoms with van der Waals surface area (Å²) in [5.74, 6) is 1.23. The summed E-state index contributed by atoms with van der Waals surface area (Å²) in [7, 11) is 1.62. The van der Waals surface area contributed by atoms with Crippen molar-refractivity contribution in [2.24, 2.45) is 5.92 Å². The Labute approximate surface area is 148 Å². The summed E-state index contributed by atoms with van der Waals surface area (Å²) in [5.41, 5.74) is 0. The van der Waals surface area contributed by atoms with Crippen LogP contribution in [0.5, 0.6) is 11.5 Å². The van der Waals surface area contributed by atoms with Crippen LogP contribution in [0.1, 0.15) is 38.5 Å². The molecule has 1 aromatic carbocycles. The molecule has 0 aliphatic carbocycles. The van der Waals surface area contributed by atoms with E-state index in [1.54, 1.807) is 7.11 Å². The Morgan fingerprint density at radius 2 is 1.92 bits per heavy atom. The van der Waals surface area contributed by atoms with E-state index in [2.05, 4.69) is 0 Å². The fourth-order valence-corrected chi connectivity index (χ4v) is 3.10. The largest absolute Gasteiger partial charge is 0.497 e. The van der Waals surface area contributed by atoms with Gasteiger partial charge in [0.25, 0.3) is 0 Å². The molecule has 1 N–H and O–H groups in total. The van der Waals surface area contributed by atoms with Gasteiger partial charge in [-0.2, -0.15) is 0 Å². The molecule has 25 heavy (non-hydrogen) atoms. The summed E-state index contributed by atoms with van der Waals surface area (Å²) >= 11 is 0. The van der Waals surface area contributed by atoms with Crippen molar-refractivity contribution in [3.63, 3.8) is 0 Å². The first-order valence-corrected chi connectivity index (χ1v) is 8.85. The Balaban J connectivity index is 1.66. The molecule has 1 aromatic rings. The SMILES string of the molecule is COc1ccc(OCCCC(=O)N2CCCC(CCC(=O)O)C2)cc1. The maximum absolute atomic E-state index is 12.3. The van der Waals surface area contributed by atoms with Crippen molar-refractivity contribution >= 4 is 11.9 Å². The maximum Gasteiger partial charge on any atom is 0.303 e. The fourth-order valence-electron chi connectivity index (χ4n) is 3.10. The van der Waals surface area contributed by atoms with Crippen LogP contribution in [-0.2, 0) is 9.59 Å². The molecule has 138 valence electrons. The first-order chi connectivity index (χ1) is 12.1. The lowest BCUT2D eigenvalue weighted by Crippen LogP contribution is -2.40. The van der Waals surface area contributed by atoms with Crippen LogP contribution in [0.4, 0.5) is 0 Å². The number of methoxy groups -OCH3 is 1. The molecule has 1 aliphatic heterocycles. The van der Waals surface area contributed by atoms with Gasteiger partial charge in [0.2, 0.25) is 5.91 Å². The average molecular weight is 349 g/mol. The number of carbonyl (C=O) groups excluding carboxylic acids is 1. The van der Waals surface area contributed by atoms with E-state index >= 15 is 0 Å². The zero-order chi connectivity index (χ0) is 18.1. The van der Waals surface area contributed by atoms with Crippen molar-refractivity contribution in [2.45, 2.75) is 38.5 Å². The maximum atomic E-state index is 12.3. The summed E-state index contributed by atoms with van der Waals surface area (Å²) in [6.45, 7) is 1.96. The second-order valence-corrected chi connectivity index (χ2v) is 6.41. The number of nitrogens with zero attached hydrogens (tertiary/aromatic N) is 1. The first-order valence-electron chi connectivity index (χ1n) is 8.85. The smallest absolute Gasteiger partial charge is 0.303 e. The molecule has 0 saturated carbocycles. The normalized spacial score (nSPS) is 17.2. The van der Waals surface area contributed by atoms with Crippen LogP contribution in [-0.4, -0.2) is 48.7 Å². The topological polar surface area (TPSA) is 76.1 Å². The predicted molar refractivity (Wildman–Crippen MR) is 93.9 cm³/mol. The molecule has 1 saturated heterocycles. The quantitative estimate of drug-likeness (QED) is 0.694. The molecule has 1 unspecified atom stereocenters. The van der Waals surface area contributed by atoms with Crippen molar-refractivity contribution in [3.8, 4) is 11.5 Å². The van der Waals surface area contributed by atoms with Gasteiger partial charge in [-0.3, -0.25) is 9.59 Å². The third-order valence-electron chi connectivity index (χ3n) is 4.50. The lowest BCUT2D eigenvalue weighted by Gasteiger charge is -2.32. The molecular formula is C19H27NO5. The monoisotopic (exact) mass is 349 g/mol. The highest BCUT2D eigenvalue weighted by Crippen LogP contribution is 2.22. The van der Waals surface area contributed by atoms with E-state index in [4.69, 9.17) is 14.6 Å². The first kappa shape index (κ1) is 19.1. The Morgan fingerprint density at radius 1 is 1.20 bits per heavy atom. The zero-order valence-electron chi connectivity index (χ0n) is 14.8. The number of carboxylic acids is 1. The van der Waals surface area contributed by atoms with Crippen molar-refractivity contribution in [3.05, 3.63) is 24.3 Å². The second-order valence-electron chi connectivity index (χ2n) is 6.41. The molecular weight excluding hydrogens is 322 g/mol. The number of rotatable bonds is 9. The predicted octanol–water partition coefficient (Wildman–Crippen LogP) is 2.96. The van der Waals surface area contributed by atoms with E-state index in [9.17, 15) is 9.59 Å². The summed E-state index contributed by atoms with van der Waals surface area (Å²) in [5, 5.41) is 8.78. The number of aliphatic carboxylic acids is 1. The summed E-state index contributed by atoms with van der Waals surface area (Å²) in [6.07, 6.45) is 3.93. The standard InChI is InChI=1S/C19H27NO5/c1-24-16-7-9-17(10-8-16)25-13-3-5-18(21)20-12-2-4-15(14-20)6-11-19(22)23/h7-10,15H,2-6,11-14H2,1H3,(H,22,23). The number of likely N-dealkylation sites (tertiary alicyclic amines) is 1. The van der Waals surface area contributed by atoms with Crippen molar-refractivity contribution in [1.82, 2.24) is 4.90 Å². The Hall–Kier alpha value is -2.24. The van der Waals surface area contributed by atoms with Crippen molar-refractivity contribution in [2.75, 3.05) is 26.8 Å². The number of piperidine rings is 1. The van der Waals surface area contributed by atoms with E-state index in [1.165, 1.54) is 0 Å². The van der Waals surface area contributed by atoms with Gasteiger partial charge in [-0.25, -0.2) is 0 Å². The van der Waals surface area contributed by atoms with Gasteiger partial charge < -0.3 is 19.5 Å². The number of benzene rings is 1.